The van der Waals surface area contributed by atoms with Gasteiger partial charge in [-0.25, -0.2) is 0 Å². The van der Waals surface area contributed by atoms with Crippen LogP contribution < -0.4 is 30.6 Å². The molecule has 0 spiro atoms. The van der Waals surface area contributed by atoms with E-state index in [0.717, 1.165) is 17.1 Å². The molecule has 0 fully saturated rings. The third kappa shape index (κ3) is 6.91. The van der Waals surface area contributed by atoms with Crippen LogP contribution in [0.3, 0.4) is 0 Å². The summed E-state index contributed by atoms with van der Waals surface area (Å²) in [5, 5.41) is 6.35. The van der Waals surface area contributed by atoms with Gasteiger partial charge in [-0.15, -0.1) is 0 Å². The van der Waals surface area contributed by atoms with Gasteiger partial charge in [-0.05, 0) is 18.2 Å². The van der Waals surface area contributed by atoms with E-state index in [0.29, 0.717) is 63.7 Å². The van der Waals surface area contributed by atoms with Gasteiger partial charge in [-0.1, -0.05) is 30.3 Å². The number of nitrogens with two attached hydrogens (primary N) is 1. The molecule has 11 nitrogen and oxygen atoms in total. The van der Waals surface area contributed by atoms with Crippen LogP contribution in [0.25, 0.3) is 0 Å². The fourth-order valence-corrected chi connectivity index (χ4v) is 3.10. The average molecular weight is 469 g/mol. The van der Waals surface area contributed by atoms with Crippen molar-refractivity contribution in [1.82, 2.24) is 15.0 Å². The number of nitrogens with one attached hydrogen (secondary N) is 2. The molecule has 1 aromatic heterocycles. The molecule has 0 unspecified atom stereocenters. The van der Waals surface area contributed by atoms with E-state index >= 15 is 0 Å². The lowest BCUT2D eigenvalue weighted by atomic mass is 10.2. The second-order valence-electron chi connectivity index (χ2n) is 7.12. The van der Waals surface area contributed by atoms with Crippen molar-refractivity contribution < 1.29 is 23.7 Å². The zero-order chi connectivity index (χ0) is 23.4. The first-order chi connectivity index (χ1) is 16.8. The van der Waals surface area contributed by atoms with Gasteiger partial charge in [0.15, 0.2) is 11.5 Å². The third-order valence-electron chi connectivity index (χ3n) is 4.65. The molecule has 4 rings (SSSR count). The zero-order valence-electron chi connectivity index (χ0n) is 18.7. The van der Waals surface area contributed by atoms with E-state index in [1.54, 1.807) is 0 Å². The quantitative estimate of drug-likeness (QED) is 0.301. The van der Waals surface area contributed by atoms with Crippen LogP contribution >= 0.6 is 0 Å². The number of benzene rings is 2. The Morgan fingerprint density at radius 2 is 1.62 bits per heavy atom. The number of para-hydroxylation sites is 2. The maximum atomic E-state index is 5.82. The van der Waals surface area contributed by atoms with Crippen molar-refractivity contribution in [2.45, 2.75) is 6.54 Å². The third-order valence-corrected chi connectivity index (χ3v) is 4.65. The molecule has 4 N–H and O–H groups in total. The van der Waals surface area contributed by atoms with Crippen LogP contribution in [0.15, 0.2) is 48.5 Å². The second kappa shape index (κ2) is 12.5. The molecule has 2 heterocycles. The number of hydrogen-bond donors (Lipinski definition) is 3. The number of ether oxygens (including phenoxy) is 5. The Labute approximate surface area is 197 Å². The van der Waals surface area contributed by atoms with E-state index in [4.69, 9.17) is 29.4 Å². The minimum absolute atomic E-state index is 0.167. The summed E-state index contributed by atoms with van der Waals surface area (Å²) < 4.78 is 27.6. The summed E-state index contributed by atoms with van der Waals surface area (Å²) in [6.45, 7) is 3.63. The molecule has 2 aromatic carbocycles. The van der Waals surface area contributed by atoms with Crippen LogP contribution in [0, 0.1) is 0 Å². The summed E-state index contributed by atoms with van der Waals surface area (Å²) in [7, 11) is 0. The molecule has 11 heteroatoms. The summed E-state index contributed by atoms with van der Waals surface area (Å²) in [5.41, 5.74) is 6.32. The summed E-state index contributed by atoms with van der Waals surface area (Å²) in [6, 6.07) is 15.2. The lowest BCUT2D eigenvalue weighted by Gasteiger charge is -2.12. The normalized spacial score (nSPS) is 11.9. The van der Waals surface area contributed by atoms with Crippen LogP contribution in [-0.4, -0.2) is 61.3 Å². The number of nitrogens with zero attached hydrogens (tertiary/aromatic N) is 3. The molecule has 180 valence electrons. The van der Waals surface area contributed by atoms with E-state index < -0.39 is 0 Å². The van der Waals surface area contributed by atoms with Gasteiger partial charge in [-0.2, -0.15) is 15.0 Å². The van der Waals surface area contributed by atoms with Gasteiger partial charge in [0.1, 0.15) is 5.75 Å². The first-order valence-corrected chi connectivity index (χ1v) is 11.0. The van der Waals surface area contributed by atoms with Crippen molar-refractivity contribution in [2.24, 2.45) is 5.73 Å². The average Bonchev–Trinajstić information content (AvgIpc) is 3.35. The van der Waals surface area contributed by atoms with Gasteiger partial charge in [0.2, 0.25) is 18.7 Å². The second-order valence-corrected chi connectivity index (χ2v) is 7.12. The standard InChI is InChI=1S/C23H28N6O5/c24-9-11-30-13-14-31-12-10-25-21-27-22(29-23(28-21)34-18-6-2-1-3-7-18)26-15-17-5-4-8-19-20(17)33-16-32-19/h1-8H,9-16,24H2,(H2,25,26,27,28,29). The van der Waals surface area contributed by atoms with Gasteiger partial charge in [-0.3, -0.25) is 0 Å². The van der Waals surface area contributed by atoms with E-state index in [1.807, 2.05) is 48.5 Å². The van der Waals surface area contributed by atoms with Crippen LogP contribution in [0.1, 0.15) is 5.56 Å². The molecule has 0 amide bonds. The van der Waals surface area contributed by atoms with Gasteiger partial charge >= 0.3 is 6.01 Å². The van der Waals surface area contributed by atoms with Crippen LogP contribution in [-0.2, 0) is 16.0 Å². The van der Waals surface area contributed by atoms with Gasteiger partial charge in [0.05, 0.1) is 26.4 Å². The first kappa shape index (κ1) is 23.5. The van der Waals surface area contributed by atoms with Crippen molar-refractivity contribution >= 4 is 11.9 Å². The summed E-state index contributed by atoms with van der Waals surface area (Å²) in [4.78, 5) is 13.2. The van der Waals surface area contributed by atoms with Crippen molar-refractivity contribution in [3.05, 3.63) is 54.1 Å². The Bertz CT molecular complexity index is 1040. The number of aromatic nitrogens is 3. The molecule has 0 saturated heterocycles. The highest BCUT2D eigenvalue weighted by atomic mass is 16.7. The highest BCUT2D eigenvalue weighted by Crippen LogP contribution is 2.35. The summed E-state index contributed by atoms with van der Waals surface area (Å²) >= 11 is 0. The maximum Gasteiger partial charge on any atom is 0.328 e. The van der Waals surface area contributed by atoms with Gasteiger partial charge < -0.3 is 40.1 Å². The lowest BCUT2D eigenvalue weighted by Crippen LogP contribution is -2.16. The van der Waals surface area contributed by atoms with Crippen molar-refractivity contribution in [3.63, 3.8) is 0 Å². The highest BCUT2D eigenvalue weighted by molar-refractivity contribution is 5.49. The fraction of sp³-hybridized carbons (Fsp3) is 0.348. The van der Waals surface area contributed by atoms with Crippen molar-refractivity contribution in [3.8, 4) is 23.3 Å². The molecule has 1 aliphatic rings. The Balaban J connectivity index is 1.38. The molecule has 3 aromatic rings. The van der Waals surface area contributed by atoms with Gasteiger partial charge in [0.25, 0.3) is 0 Å². The lowest BCUT2D eigenvalue weighted by molar-refractivity contribution is 0.0547. The monoisotopic (exact) mass is 468 g/mol. The van der Waals surface area contributed by atoms with Crippen molar-refractivity contribution in [2.75, 3.05) is 56.9 Å². The molecule has 0 bridgehead atoms. The molecule has 0 saturated carbocycles. The van der Waals surface area contributed by atoms with Crippen molar-refractivity contribution in [1.29, 1.82) is 0 Å². The fourth-order valence-electron chi connectivity index (χ4n) is 3.10. The van der Waals surface area contributed by atoms with E-state index in [1.165, 1.54) is 0 Å². The maximum absolute atomic E-state index is 5.82. The number of anilines is 2. The molecule has 0 aliphatic carbocycles. The van der Waals surface area contributed by atoms with E-state index in [-0.39, 0.29) is 12.8 Å². The Morgan fingerprint density at radius 3 is 2.44 bits per heavy atom. The smallest absolute Gasteiger partial charge is 0.328 e. The number of rotatable bonds is 14. The zero-order valence-corrected chi connectivity index (χ0v) is 18.7. The predicted octanol–water partition coefficient (Wildman–Crippen LogP) is 2.41. The van der Waals surface area contributed by atoms with Gasteiger partial charge in [0, 0.05) is 25.2 Å². The van der Waals surface area contributed by atoms with Crippen LogP contribution in [0.2, 0.25) is 0 Å². The number of hydrogen-bond acceptors (Lipinski definition) is 11. The number of fused-ring (bicyclic) bond motifs is 1. The minimum Gasteiger partial charge on any atom is -0.454 e. The Hall–Kier alpha value is -3.67. The molecule has 0 radical (unpaired) electrons. The van der Waals surface area contributed by atoms with Crippen LogP contribution in [0.5, 0.6) is 23.3 Å². The Morgan fingerprint density at radius 1 is 0.824 bits per heavy atom. The topological polar surface area (TPSA) is 135 Å². The largest absolute Gasteiger partial charge is 0.454 e. The highest BCUT2D eigenvalue weighted by Gasteiger charge is 2.17. The minimum atomic E-state index is 0.167. The first-order valence-electron chi connectivity index (χ1n) is 11.0. The molecule has 1 aliphatic heterocycles. The summed E-state index contributed by atoms with van der Waals surface area (Å²) in [5.74, 6) is 2.78. The molecule has 34 heavy (non-hydrogen) atoms. The molecule has 0 atom stereocenters. The molecular weight excluding hydrogens is 440 g/mol. The van der Waals surface area contributed by atoms with E-state index in [2.05, 4.69) is 25.6 Å². The van der Waals surface area contributed by atoms with E-state index in [9.17, 15) is 0 Å². The van der Waals surface area contributed by atoms with Crippen LogP contribution in [0.4, 0.5) is 11.9 Å². The molecular formula is C23H28N6O5. The Kier molecular flexibility index (Phi) is 8.66. The SMILES string of the molecule is NCCOCCOCCNc1nc(NCc2cccc3c2OCO3)nc(Oc2ccccc2)n1. The predicted molar refractivity (Wildman–Crippen MR) is 125 cm³/mol. The summed E-state index contributed by atoms with van der Waals surface area (Å²) in [6.07, 6.45) is 0.